The Hall–Kier alpha value is -2.71. The van der Waals surface area contributed by atoms with Crippen LogP contribution >= 0.6 is 0 Å². The van der Waals surface area contributed by atoms with Crippen LogP contribution in [0.25, 0.3) is 11.0 Å². The van der Waals surface area contributed by atoms with Gasteiger partial charge in [-0.1, -0.05) is 38.1 Å². The van der Waals surface area contributed by atoms with Gasteiger partial charge in [0, 0.05) is 32.1 Å². The average Bonchev–Trinajstić information content (AvgIpc) is 3.16. The molecule has 0 saturated carbocycles. The Labute approximate surface area is 202 Å². The zero-order chi connectivity index (χ0) is 24.3. The second-order valence-electron chi connectivity index (χ2n) is 9.35. The number of amides is 1. The molecule has 1 amide bonds. The normalized spacial score (nSPS) is 15.8. The highest BCUT2D eigenvalue weighted by Gasteiger charge is 2.32. The molecule has 3 aromatic rings. The molecule has 7 nitrogen and oxygen atoms in total. The van der Waals surface area contributed by atoms with E-state index < -0.39 is 10.0 Å². The van der Waals surface area contributed by atoms with Crippen molar-refractivity contribution in [1.29, 1.82) is 0 Å². The van der Waals surface area contributed by atoms with Crippen molar-refractivity contribution in [2.45, 2.75) is 57.4 Å². The minimum Gasteiger partial charge on any atom is -0.356 e. The van der Waals surface area contributed by atoms with E-state index in [1.807, 2.05) is 37.3 Å². The monoisotopic (exact) mass is 482 g/mol. The van der Waals surface area contributed by atoms with Crippen LogP contribution in [-0.4, -0.2) is 47.8 Å². The Morgan fingerprint density at radius 2 is 1.76 bits per heavy atom. The number of imidazole rings is 1. The predicted octanol–water partition coefficient (Wildman–Crippen LogP) is 4.08. The van der Waals surface area contributed by atoms with Gasteiger partial charge in [-0.15, -0.1) is 0 Å². The summed E-state index contributed by atoms with van der Waals surface area (Å²) in [7, 11) is -3.53. The standard InChI is InChI=1S/C26H34N4O3S/c1-19(2)21-9-11-23(12-10-21)34(32,33)29-17-13-22(14-18-29)26(31)27-15-6-16-30-20(3)28-24-7-4-5-8-25(24)30/h4-5,7-12,19,22H,6,13-18H2,1-3H3,(H,27,31). The Morgan fingerprint density at radius 3 is 2.44 bits per heavy atom. The van der Waals surface area contributed by atoms with Gasteiger partial charge in [0.15, 0.2) is 0 Å². The van der Waals surface area contributed by atoms with Gasteiger partial charge >= 0.3 is 0 Å². The molecule has 0 spiro atoms. The van der Waals surface area contributed by atoms with Crippen LogP contribution in [0.5, 0.6) is 0 Å². The first kappa shape index (κ1) is 24.4. The molecule has 1 aliphatic rings. The molecular formula is C26H34N4O3S. The van der Waals surface area contributed by atoms with E-state index in [9.17, 15) is 13.2 Å². The Kier molecular flexibility index (Phi) is 7.38. The summed E-state index contributed by atoms with van der Waals surface area (Å²) in [5.74, 6) is 1.20. The molecule has 182 valence electrons. The first-order chi connectivity index (χ1) is 16.3. The van der Waals surface area contributed by atoms with E-state index in [0.29, 0.717) is 43.3 Å². The number of fused-ring (bicyclic) bond motifs is 1. The number of nitrogens with zero attached hydrogens (tertiary/aromatic N) is 3. The lowest BCUT2D eigenvalue weighted by Crippen LogP contribution is -2.43. The summed E-state index contributed by atoms with van der Waals surface area (Å²) in [6.45, 7) is 8.28. The highest BCUT2D eigenvalue weighted by molar-refractivity contribution is 7.89. The van der Waals surface area contributed by atoms with Gasteiger partial charge in [0.25, 0.3) is 0 Å². The van der Waals surface area contributed by atoms with Crippen LogP contribution in [-0.2, 0) is 21.4 Å². The predicted molar refractivity (Wildman–Crippen MR) is 134 cm³/mol. The molecule has 34 heavy (non-hydrogen) atoms. The van der Waals surface area contributed by atoms with Gasteiger partial charge in [-0.25, -0.2) is 13.4 Å². The van der Waals surface area contributed by atoms with Crippen molar-refractivity contribution in [3.63, 3.8) is 0 Å². The van der Waals surface area contributed by atoms with Crippen LogP contribution in [0.4, 0.5) is 0 Å². The molecule has 2 aromatic carbocycles. The molecule has 4 rings (SSSR count). The number of para-hydroxylation sites is 2. The molecule has 0 bridgehead atoms. The van der Waals surface area contributed by atoms with Crippen molar-refractivity contribution in [3.8, 4) is 0 Å². The SMILES string of the molecule is Cc1nc2ccccc2n1CCCNC(=O)C1CCN(S(=O)(=O)c2ccc(C(C)C)cc2)CC1. The maximum Gasteiger partial charge on any atom is 0.243 e. The van der Waals surface area contributed by atoms with Gasteiger partial charge in [0.05, 0.1) is 15.9 Å². The topological polar surface area (TPSA) is 84.3 Å². The summed E-state index contributed by atoms with van der Waals surface area (Å²) in [6.07, 6.45) is 1.90. The highest BCUT2D eigenvalue weighted by Crippen LogP contribution is 2.25. The molecule has 2 heterocycles. The molecule has 1 N–H and O–H groups in total. The third kappa shape index (κ3) is 5.18. The van der Waals surface area contributed by atoms with Gasteiger partial charge in [-0.05, 0) is 61.9 Å². The van der Waals surface area contributed by atoms with Crippen molar-refractivity contribution >= 4 is 27.0 Å². The van der Waals surface area contributed by atoms with Crippen LogP contribution in [0.1, 0.15) is 50.4 Å². The summed E-state index contributed by atoms with van der Waals surface area (Å²) in [5.41, 5.74) is 3.21. The van der Waals surface area contributed by atoms with E-state index in [-0.39, 0.29) is 11.8 Å². The van der Waals surface area contributed by atoms with Crippen LogP contribution in [0.15, 0.2) is 53.4 Å². The number of aromatic nitrogens is 2. The van der Waals surface area contributed by atoms with Crippen LogP contribution in [0, 0.1) is 12.8 Å². The fraction of sp³-hybridized carbons (Fsp3) is 0.462. The summed E-state index contributed by atoms with van der Waals surface area (Å²) in [6, 6.07) is 15.2. The molecule has 0 radical (unpaired) electrons. The smallest absolute Gasteiger partial charge is 0.243 e. The van der Waals surface area contributed by atoms with Crippen molar-refractivity contribution in [1.82, 2.24) is 19.2 Å². The van der Waals surface area contributed by atoms with Gasteiger partial charge in [-0.3, -0.25) is 4.79 Å². The van der Waals surface area contributed by atoms with Crippen molar-refractivity contribution in [2.75, 3.05) is 19.6 Å². The lowest BCUT2D eigenvalue weighted by Gasteiger charge is -2.30. The Morgan fingerprint density at radius 1 is 1.09 bits per heavy atom. The van der Waals surface area contributed by atoms with Crippen LogP contribution in [0.2, 0.25) is 0 Å². The first-order valence-electron chi connectivity index (χ1n) is 12.1. The van der Waals surface area contributed by atoms with Gasteiger partial charge < -0.3 is 9.88 Å². The second-order valence-corrected chi connectivity index (χ2v) is 11.3. The maximum atomic E-state index is 13.0. The number of rotatable bonds is 8. The number of hydrogen-bond donors (Lipinski definition) is 1. The molecule has 1 aromatic heterocycles. The fourth-order valence-corrected chi connectivity index (χ4v) is 6.07. The van der Waals surface area contributed by atoms with Gasteiger partial charge in [0.1, 0.15) is 5.82 Å². The van der Waals surface area contributed by atoms with Crippen LogP contribution in [0.3, 0.4) is 0 Å². The number of aryl methyl sites for hydroxylation is 2. The molecule has 0 aliphatic carbocycles. The number of sulfonamides is 1. The second kappa shape index (κ2) is 10.3. The van der Waals surface area contributed by atoms with E-state index in [2.05, 4.69) is 34.8 Å². The maximum absolute atomic E-state index is 13.0. The van der Waals surface area contributed by atoms with Gasteiger partial charge in [-0.2, -0.15) is 4.31 Å². The summed E-state index contributed by atoms with van der Waals surface area (Å²) in [5, 5.41) is 3.04. The van der Waals surface area contributed by atoms with E-state index >= 15 is 0 Å². The highest BCUT2D eigenvalue weighted by atomic mass is 32.2. The average molecular weight is 483 g/mol. The quantitative estimate of drug-likeness (QED) is 0.491. The van der Waals surface area contributed by atoms with Gasteiger partial charge in [0.2, 0.25) is 15.9 Å². The number of hydrogen-bond acceptors (Lipinski definition) is 4. The fourth-order valence-electron chi connectivity index (χ4n) is 4.60. The summed E-state index contributed by atoms with van der Waals surface area (Å²) >= 11 is 0. The zero-order valence-corrected chi connectivity index (χ0v) is 21.0. The molecule has 1 fully saturated rings. The zero-order valence-electron chi connectivity index (χ0n) is 20.2. The first-order valence-corrected chi connectivity index (χ1v) is 13.5. The third-order valence-electron chi connectivity index (χ3n) is 6.71. The Bertz CT molecular complexity index is 1240. The van der Waals surface area contributed by atoms with E-state index in [1.54, 1.807) is 12.1 Å². The molecule has 8 heteroatoms. The summed E-state index contributed by atoms with van der Waals surface area (Å²) in [4.78, 5) is 17.6. The largest absolute Gasteiger partial charge is 0.356 e. The number of benzene rings is 2. The molecule has 1 saturated heterocycles. The third-order valence-corrected chi connectivity index (χ3v) is 8.63. The van der Waals surface area contributed by atoms with Crippen molar-refractivity contribution in [3.05, 3.63) is 59.9 Å². The Balaban J connectivity index is 1.25. The number of carbonyl (C=O) groups excluding carboxylic acids is 1. The van der Waals surface area contributed by atoms with E-state index in [0.717, 1.165) is 35.4 Å². The molecule has 1 aliphatic heterocycles. The molecular weight excluding hydrogens is 448 g/mol. The molecule has 0 atom stereocenters. The molecule has 0 unspecified atom stereocenters. The minimum absolute atomic E-state index is 0.0190. The minimum atomic E-state index is -3.53. The number of nitrogens with one attached hydrogen (secondary N) is 1. The van der Waals surface area contributed by atoms with Crippen molar-refractivity contribution in [2.24, 2.45) is 5.92 Å². The number of piperidine rings is 1. The van der Waals surface area contributed by atoms with E-state index in [1.165, 1.54) is 4.31 Å². The van der Waals surface area contributed by atoms with Crippen molar-refractivity contribution < 1.29 is 13.2 Å². The summed E-state index contributed by atoms with van der Waals surface area (Å²) < 4.78 is 29.7. The van der Waals surface area contributed by atoms with Crippen LogP contribution < -0.4 is 5.32 Å². The lowest BCUT2D eigenvalue weighted by atomic mass is 9.97. The lowest BCUT2D eigenvalue weighted by molar-refractivity contribution is -0.126. The van der Waals surface area contributed by atoms with E-state index in [4.69, 9.17) is 0 Å². The number of carbonyl (C=O) groups is 1.